The van der Waals surface area contributed by atoms with Crippen molar-refractivity contribution in [1.82, 2.24) is 0 Å². The summed E-state index contributed by atoms with van der Waals surface area (Å²) in [7, 11) is 3.43. The number of ether oxygens (including phenoxy) is 2. The Morgan fingerprint density at radius 3 is 1.94 bits per heavy atom. The number of rotatable bonds is 11. The number of benzene rings is 3. The van der Waals surface area contributed by atoms with E-state index < -0.39 is 0 Å². The Kier molecular flexibility index (Phi) is 8.40. The molecule has 3 nitrogen and oxygen atoms in total. The van der Waals surface area contributed by atoms with Crippen LogP contribution in [0.3, 0.4) is 0 Å². The molecule has 0 heterocycles. The minimum atomic E-state index is 0.868. The molecule has 0 aliphatic carbocycles. The van der Waals surface area contributed by atoms with Crippen LogP contribution < -0.4 is 14.8 Å². The van der Waals surface area contributed by atoms with Crippen LogP contribution in [0.5, 0.6) is 11.5 Å². The van der Waals surface area contributed by atoms with Crippen LogP contribution in [0.4, 0.5) is 11.4 Å². The summed E-state index contributed by atoms with van der Waals surface area (Å²) in [6, 6.07) is 21.4. The first kappa shape index (κ1) is 22.7. The van der Waals surface area contributed by atoms with Crippen molar-refractivity contribution < 1.29 is 9.47 Å². The number of hydrogen-bond donors (Lipinski definition) is 1. The van der Waals surface area contributed by atoms with Crippen molar-refractivity contribution in [3.63, 3.8) is 0 Å². The van der Waals surface area contributed by atoms with Gasteiger partial charge in [0.25, 0.3) is 0 Å². The Balaban J connectivity index is 1.69. The van der Waals surface area contributed by atoms with Crippen LogP contribution >= 0.6 is 0 Å². The fourth-order valence-corrected chi connectivity index (χ4v) is 3.87. The average Bonchev–Trinajstić information content (AvgIpc) is 2.82. The van der Waals surface area contributed by atoms with Crippen molar-refractivity contribution in [2.45, 2.75) is 52.4 Å². The van der Waals surface area contributed by atoms with Gasteiger partial charge in [-0.25, -0.2) is 0 Å². The molecule has 0 amide bonds. The van der Waals surface area contributed by atoms with Crippen molar-refractivity contribution in [3.05, 3.63) is 71.8 Å². The molecule has 164 valence electrons. The highest BCUT2D eigenvalue weighted by Crippen LogP contribution is 2.37. The molecule has 0 aliphatic heterocycles. The van der Waals surface area contributed by atoms with Crippen LogP contribution in [-0.2, 0) is 12.8 Å². The van der Waals surface area contributed by atoms with Gasteiger partial charge in [0.1, 0.15) is 11.5 Å². The van der Waals surface area contributed by atoms with Gasteiger partial charge in [0, 0.05) is 16.9 Å². The standard InChI is InChI=1S/C28H35NO2/c1-5-7-8-9-10-21-11-15-24(16-12-21)29-25-17-13-23(14-18-25)26-20-27(30-3)22(6-2)19-28(26)31-4/h11-20,29H,5-10H2,1-4H3. The Morgan fingerprint density at radius 2 is 1.35 bits per heavy atom. The maximum Gasteiger partial charge on any atom is 0.127 e. The van der Waals surface area contributed by atoms with E-state index in [1.54, 1.807) is 14.2 Å². The molecule has 1 N–H and O–H groups in total. The molecule has 3 aromatic rings. The first-order valence-corrected chi connectivity index (χ1v) is 11.4. The molecular formula is C28H35NO2. The molecule has 0 spiro atoms. The number of aryl methyl sites for hydroxylation is 2. The molecule has 0 aliphatic rings. The van der Waals surface area contributed by atoms with E-state index in [0.29, 0.717) is 0 Å². The van der Waals surface area contributed by atoms with Crippen LogP contribution in [0, 0.1) is 0 Å². The molecule has 3 rings (SSSR count). The molecule has 3 heteroatoms. The molecule has 0 unspecified atom stereocenters. The zero-order chi connectivity index (χ0) is 22.1. The van der Waals surface area contributed by atoms with E-state index in [1.807, 2.05) is 0 Å². The van der Waals surface area contributed by atoms with Crippen LogP contribution in [0.15, 0.2) is 60.7 Å². The molecule has 0 saturated carbocycles. The zero-order valence-corrected chi connectivity index (χ0v) is 19.3. The summed E-state index contributed by atoms with van der Waals surface area (Å²) in [6.45, 7) is 4.37. The van der Waals surface area contributed by atoms with Crippen LogP contribution in [0.1, 0.15) is 50.7 Å². The normalized spacial score (nSPS) is 10.7. The summed E-state index contributed by atoms with van der Waals surface area (Å²) in [5.74, 6) is 1.77. The van der Waals surface area contributed by atoms with Gasteiger partial charge in [0.05, 0.1) is 14.2 Å². The van der Waals surface area contributed by atoms with Gasteiger partial charge in [-0.2, -0.15) is 0 Å². The average molecular weight is 418 g/mol. The summed E-state index contributed by atoms with van der Waals surface area (Å²) in [5.41, 5.74) is 6.87. The summed E-state index contributed by atoms with van der Waals surface area (Å²) in [5, 5.41) is 3.50. The summed E-state index contributed by atoms with van der Waals surface area (Å²) >= 11 is 0. The second-order valence-corrected chi connectivity index (χ2v) is 7.93. The van der Waals surface area contributed by atoms with Gasteiger partial charge >= 0.3 is 0 Å². The maximum absolute atomic E-state index is 5.65. The lowest BCUT2D eigenvalue weighted by atomic mass is 10.00. The van der Waals surface area contributed by atoms with E-state index in [9.17, 15) is 0 Å². The molecule has 0 radical (unpaired) electrons. The van der Waals surface area contributed by atoms with Crippen LogP contribution in [-0.4, -0.2) is 14.2 Å². The van der Waals surface area contributed by atoms with Gasteiger partial charge in [-0.15, -0.1) is 0 Å². The van der Waals surface area contributed by atoms with E-state index >= 15 is 0 Å². The number of nitrogens with one attached hydrogen (secondary N) is 1. The zero-order valence-electron chi connectivity index (χ0n) is 19.3. The Labute approximate surface area is 187 Å². The van der Waals surface area contributed by atoms with Crippen molar-refractivity contribution in [2.24, 2.45) is 0 Å². The maximum atomic E-state index is 5.65. The molecule has 0 fully saturated rings. The number of anilines is 2. The molecule has 0 atom stereocenters. The summed E-state index contributed by atoms with van der Waals surface area (Å²) < 4.78 is 11.2. The van der Waals surface area contributed by atoms with Gasteiger partial charge in [-0.3, -0.25) is 0 Å². The Hall–Kier alpha value is -2.94. The third-order valence-corrected chi connectivity index (χ3v) is 5.74. The van der Waals surface area contributed by atoms with E-state index in [4.69, 9.17) is 9.47 Å². The van der Waals surface area contributed by atoms with E-state index in [2.05, 4.69) is 79.8 Å². The molecule has 0 saturated heterocycles. The molecular weight excluding hydrogens is 382 g/mol. The van der Waals surface area contributed by atoms with Gasteiger partial charge in [-0.05, 0) is 72.4 Å². The van der Waals surface area contributed by atoms with Gasteiger partial charge < -0.3 is 14.8 Å². The molecule has 3 aromatic carbocycles. The lowest BCUT2D eigenvalue weighted by Crippen LogP contribution is -1.96. The highest BCUT2D eigenvalue weighted by molar-refractivity contribution is 5.75. The Bertz CT molecular complexity index is 946. The van der Waals surface area contributed by atoms with Crippen molar-refractivity contribution in [2.75, 3.05) is 19.5 Å². The van der Waals surface area contributed by atoms with Crippen molar-refractivity contribution >= 4 is 11.4 Å². The molecule has 31 heavy (non-hydrogen) atoms. The third-order valence-electron chi connectivity index (χ3n) is 5.74. The summed E-state index contributed by atoms with van der Waals surface area (Å²) in [4.78, 5) is 0. The van der Waals surface area contributed by atoms with Crippen molar-refractivity contribution in [1.29, 1.82) is 0 Å². The fraction of sp³-hybridized carbons (Fsp3) is 0.357. The van der Waals surface area contributed by atoms with E-state index in [-0.39, 0.29) is 0 Å². The third kappa shape index (κ3) is 6.04. The highest BCUT2D eigenvalue weighted by atomic mass is 16.5. The molecule has 0 aromatic heterocycles. The topological polar surface area (TPSA) is 30.5 Å². The smallest absolute Gasteiger partial charge is 0.127 e. The largest absolute Gasteiger partial charge is 0.496 e. The van der Waals surface area contributed by atoms with E-state index in [0.717, 1.165) is 52.4 Å². The fourth-order valence-electron chi connectivity index (χ4n) is 3.87. The minimum absolute atomic E-state index is 0.868. The lowest BCUT2D eigenvalue weighted by molar-refractivity contribution is 0.400. The summed E-state index contributed by atoms with van der Waals surface area (Å²) in [6.07, 6.45) is 7.27. The monoisotopic (exact) mass is 417 g/mol. The second-order valence-electron chi connectivity index (χ2n) is 7.93. The highest BCUT2D eigenvalue weighted by Gasteiger charge is 2.12. The lowest BCUT2D eigenvalue weighted by Gasteiger charge is -2.15. The van der Waals surface area contributed by atoms with Gasteiger partial charge in [0.2, 0.25) is 0 Å². The SMILES string of the molecule is CCCCCCc1ccc(Nc2ccc(-c3cc(OC)c(CC)cc3OC)cc2)cc1. The van der Waals surface area contributed by atoms with Crippen LogP contribution in [0.2, 0.25) is 0 Å². The van der Waals surface area contributed by atoms with Gasteiger partial charge in [-0.1, -0.05) is 57.4 Å². The van der Waals surface area contributed by atoms with Gasteiger partial charge in [0.15, 0.2) is 0 Å². The number of unbranched alkanes of at least 4 members (excludes halogenated alkanes) is 3. The first-order valence-electron chi connectivity index (χ1n) is 11.4. The Morgan fingerprint density at radius 1 is 0.710 bits per heavy atom. The second kappa shape index (κ2) is 11.5. The minimum Gasteiger partial charge on any atom is -0.496 e. The first-order chi connectivity index (χ1) is 15.2. The molecule has 0 bridgehead atoms. The predicted molar refractivity (Wildman–Crippen MR) is 132 cm³/mol. The number of hydrogen-bond acceptors (Lipinski definition) is 3. The predicted octanol–water partition coefficient (Wildman–Crippen LogP) is 7.80. The quantitative estimate of drug-likeness (QED) is 0.323. The van der Waals surface area contributed by atoms with E-state index in [1.165, 1.54) is 31.2 Å². The van der Waals surface area contributed by atoms with Crippen molar-refractivity contribution in [3.8, 4) is 22.6 Å². The number of methoxy groups -OCH3 is 2. The van der Waals surface area contributed by atoms with Crippen LogP contribution in [0.25, 0.3) is 11.1 Å².